The molecular weight excluding hydrogens is 387 g/mol. The third kappa shape index (κ3) is 5.05. The van der Waals surface area contributed by atoms with Crippen LogP contribution in [0.25, 0.3) is 0 Å². The number of nitrogens with zero attached hydrogens (tertiary/aromatic N) is 1. The number of carbonyl (C=O) groups is 1. The molecule has 1 aliphatic heterocycles. The number of hydrogen-bond acceptors (Lipinski definition) is 4. The first-order chi connectivity index (χ1) is 13.7. The van der Waals surface area contributed by atoms with Crippen molar-refractivity contribution in [2.24, 2.45) is 5.16 Å². The van der Waals surface area contributed by atoms with Gasteiger partial charge < -0.3 is 20.6 Å². The number of carbonyl (C=O) groups excluding carboxylic acids is 1. The number of aryl methyl sites for hydroxylation is 1. The van der Waals surface area contributed by atoms with Gasteiger partial charge in [-0.25, -0.2) is 4.79 Å². The van der Waals surface area contributed by atoms with Gasteiger partial charge in [0.25, 0.3) is 0 Å². The zero-order chi connectivity index (χ0) is 21.1. The maximum Gasteiger partial charge on any atom is 0.458 e. The summed E-state index contributed by atoms with van der Waals surface area (Å²) in [4.78, 5) is 16.1. The van der Waals surface area contributed by atoms with E-state index in [1.807, 2.05) is 31.2 Å². The molecule has 0 spiro atoms. The number of oxime groups is 1. The first-order valence-corrected chi connectivity index (χ1v) is 8.87. The molecule has 1 heterocycles. The van der Waals surface area contributed by atoms with Crippen LogP contribution in [0.4, 0.5) is 18.0 Å². The van der Waals surface area contributed by atoms with Gasteiger partial charge in [-0.1, -0.05) is 59.3 Å². The Morgan fingerprint density at radius 2 is 1.59 bits per heavy atom. The molecule has 0 aromatic heterocycles. The molecule has 29 heavy (non-hydrogen) atoms. The van der Waals surface area contributed by atoms with Crippen molar-refractivity contribution in [3.63, 3.8) is 0 Å². The van der Waals surface area contributed by atoms with Crippen molar-refractivity contribution in [3.05, 3.63) is 70.8 Å². The van der Waals surface area contributed by atoms with Gasteiger partial charge in [-0.15, -0.1) is 0 Å². The SMILES string of the molecule is Cc1ccc(CNC(=O)NCc2ccc(C3=NOC(O)(C(F)(F)F)C3)cc2)cc1. The van der Waals surface area contributed by atoms with Gasteiger partial charge >= 0.3 is 18.0 Å². The van der Waals surface area contributed by atoms with Crippen LogP contribution in [-0.2, 0) is 17.9 Å². The summed E-state index contributed by atoms with van der Waals surface area (Å²) in [5.74, 6) is -3.29. The Morgan fingerprint density at radius 1 is 1.07 bits per heavy atom. The van der Waals surface area contributed by atoms with Crippen LogP contribution < -0.4 is 10.6 Å². The van der Waals surface area contributed by atoms with E-state index in [1.165, 1.54) is 0 Å². The fourth-order valence-corrected chi connectivity index (χ4v) is 2.68. The highest BCUT2D eigenvalue weighted by atomic mass is 19.4. The molecule has 9 heteroatoms. The van der Waals surface area contributed by atoms with Gasteiger partial charge in [0, 0.05) is 13.1 Å². The molecule has 1 aliphatic rings. The summed E-state index contributed by atoms with van der Waals surface area (Å²) in [6.07, 6.45) is -5.72. The van der Waals surface area contributed by atoms with Crippen LogP contribution in [0.1, 0.15) is 28.7 Å². The molecule has 2 aromatic rings. The molecule has 0 aliphatic carbocycles. The number of nitrogens with one attached hydrogen (secondary N) is 2. The van der Waals surface area contributed by atoms with Gasteiger partial charge in [0.05, 0.1) is 12.1 Å². The highest BCUT2D eigenvalue weighted by molar-refractivity contribution is 6.01. The molecule has 1 unspecified atom stereocenters. The molecule has 154 valence electrons. The van der Waals surface area contributed by atoms with Gasteiger partial charge in [-0.05, 0) is 23.6 Å². The van der Waals surface area contributed by atoms with Crippen molar-refractivity contribution in [1.29, 1.82) is 0 Å². The van der Waals surface area contributed by atoms with Crippen LogP contribution in [0, 0.1) is 6.92 Å². The quantitative estimate of drug-likeness (QED) is 0.711. The van der Waals surface area contributed by atoms with E-state index in [-0.39, 0.29) is 18.3 Å². The van der Waals surface area contributed by atoms with Crippen LogP contribution in [0.3, 0.4) is 0 Å². The van der Waals surface area contributed by atoms with E-state index >= 15 is 0 Å². The first kappa shape index (κ1) is 20.7. The molecule has 0 bridgehead atoms. The van der Waals surface area contributed by atoms with E-state index in [1.54, 1.807) is 24.3 Å². The summed E-state index contributed by atoms with van der Waals surface area (Å²) in [6.45, 7) is 2.63. The number of hydrogen-bond donors (Lipinski definition) is 3. The Morgan fingerprint density at radius 3 is 2.07 bits per heavy atom. The van der Waals surface area contributed by atoms with Crippen LogP contribution in [0.2, 0.25) is 0 Å². The highest BCUT2D eigenvalue weighted by Crippen LogP contribution is 2.38. The van der Waals surface area contributed by atoms with Crippen LogP contribution in [-0.4, -0.2) is 28.8 Å². The predicted molar refractivity (Wildman–Crippen MR) is 99.9 cm³/mol. The molecule has 3 rings (SSSR count). The third-order valence-corrected chi connectivity index (χ3v) is 4.47. The van der Waals surface area contributed by atoms with Crippen molar-refractivity contribution in [1.82, 2.24) is 10.6 Å². The molecule has 0 saturated heterocycles. The molecule has 2 amide bonds. The van der Waals surface area contributed by atoms with Gasteiger partial charge in [0.2, 0.25) is 0 Å². The standard InChI is InChI=1S/C20H20F3N3O3/c1-13-2-4-14(5-3-13)11-24-18(27)25-12-15-6-8-16(9-7-15)17-10-19(28,29-26-17)20(21,22)23/h2-9,28H,10-12H2,1H3,(H2,24,25,27). The maximum absolute atomic E-state index is 12.8. The number of alkyl halides is 3. The predicted octanol–water partition coefficient (Wildman–Crippen LogP) is 3.37. The Labute approximate surface area is 165 Å². The van der Waals surface area contributed by atoms with Crippen LogP contribution in [0.15, 0.2) is 53.7 Å². The molecule has 2 aromatic carbocycles. The molecule has 0 fully saturated rings. The van der Waals surface area contributed by atoms with E-state index in [2.05, 4.69) is 20.6 Å². The smallest absolute Gasteiger partial charge is 0.350 e. The first-order valence-electron chi connectivity index (χ1n) is 8.87. The summed E-state index contributed by atoms with van der Waals surface area (Å²) < 4.78 is 38.3. The van der Waals surface area contributed by atoms with Gasteiger partial charge in [-0.3, -0.25) is 0 Å². The number of halogens is 3. The monoisotopic (exact) mass is 407 g/mol. The van der Waals surface area contributed by atoms with Crippen molar-refractivity contribution >= 4 is 11.7 Å². The lowest BCUT2D eigenvalue weighted by Gasteiger charge is -2.22. The second-order valence-corrected chi connectivity index (χ2v) is 6.81. The fourth-order valence-electron chi connectivity index (χ4n) is 2.68. The highest BCUT2D eigenvalue weighted by Gasteiger charge is 2.60. The minimum atomic E-state index is -4.94. The largest absolute Gasteiger partial charge is 0.458 e. The summed E-state index contributed by atoms with van der Waals surface area (Å²) in [5.41, 5.74) is 3.27. The molecule has 1 atom stereocenters. The number of rotatable bonds is 5. The van der Waals surface area contributed by atoms with Gasteiger partial charge in [0.1, 0.15) is 0 Å². The summed E-state index contributed by atoms with van der Waals surface area (Å²) >= 11 is 0. The normalized spacial score (nSPS) is 18.7. The number of urea groups is 1. The molecular formula is C20H20F3N3O3. The second kappa shape index (κ2) is 8.12. The lowest BCUT2D eigenvalue weighted by molar-refractivity contribution is -0.355. The lowest BCUT2D eigenvalue weighted by atomic mass is 10.0. The van der Waals surface area contributed by atoms with Gasteiger partial charge in [0.15, 0.2) is 0 Å². The topological polar surface area (TPSA) is 83.0 Å². The van der Waals surface area contributed by atoms with Crippen LogP contribution in [0.5, 0.6) is 0 Å². The average molecular weight is 407 g/mol. The Bertz CT molecular complexity index is 896. The van der Waals surface area contributed by atoms with Gasteiger partial charge in [-0.2, -0.15) is 13.2 Å². The summed E-state index contributed by atoms with van der Waals surface area (Å²) in [5, 5.41) is 18.3. The van der Waals surface area contributed by atoms with Crippen molar-refractivity contribution in [2.75, 3.05) is 0 Å². The van der Waals surface area contributed by atoms with E-state index < -0.39 is 18.4 Å². The van der Waals surface area contributed by atoms with E-state index in [9.17, 15) is 23.1 Å². The van der Waals surface area contributed by atoms with Crippen molar-refractivity contribution in [3.8, 4) is 0 Å². The minimum Gasteiger partial charge on any atom is -0.350 e. The molecule has 6 nitrogen and oxygen atoms in total. The number of aliphatic hydroxyl groups is 1. The number of benzene rings is 2. The van der Waals surface area contributed by atoms with E-state index in [0.29, 0.717) is 12.1 Å². The minimum absolute atomic E-state index is 0.000162. The Balaban J connectivity index is 1.48. The molecule has 0 radical (unpaired) electrons. The Kier molecular flexibility index (Phi) is 5.78. The Hall–Kier alpha value is -3.07. The third-order valence-electron chi connectivity index (χ3n) is 4.47. The molecule has 3 N–H and O–H groups in total. The van der Waals surface area contributed by atoms with Crippen molar-refractivity contribution in [2.45, 2.75) is 38.4 Å². The zero-order valence-electron chi connectivity index (χ0n) is 15.6. The molecule has 0 saturated carbocycles. The van der Waals surface area contributed by atoms with E-state index in [0.717, 1.165) is 16.7 Å². The van der Waals surface area contributed by atoms with Crippen molar-refractivity contribution < 1.29 is 27.9 Å². The lowest BCUT2D eigenvalue weighted by Crippen LogP contribution is -2.45. The van der Waals surface area contributed by atoms with E-state index in [4.69, 9.17) is 0 Å². The summed E-state index contributed by atoms with van der Waals surface area (Å²) in [7, 11) is 0. The van der Waals surface area contributed by atoms with Crippen LogP contribution >= 0.6 is 0 Å². The fraction of sp³-hybridized carbons (Fsp3) is 0.300. The summed E-state index contributed by atoms with van der Waals surface area (Å²) in [6, 6.07) is 13.9. The second-order valence-electron chi connectivity index (χ2n) is 6.81. The number of amides is 2. The average Bonchev–Trinajstić information content (AvgIpc) is 3.10. The maximum atomic E-state index is 12.8. The zero-order valence-corrected chi connectivity index (χ0v) is 15.6.